The van der Waals surface area contributed by atoms with Crippen LogP contribution >= 0.6 is 0 Å². The van der Waals surface area contributed by atoms with Crippen molar-refractivity contribution in [3.05, 3.63) is 12.2 Å². The Morgan fingerprint density at radius 3 is 2.29 bits per heavy atom. The fourth-order valence-electron chi connectivity index (χ4n) is 2.04. The van der Waals surface area contributed by atoms with Gasteiger partial charge >= 0.3 is 14.5 Å². The largest absolute Gasteiger partial charge is 0.462 e. The summed E-state index contributed by atoms with van der Waals surface area (Å²) in [6.45, 7) is 12.8. The zero-order valence-corrected chi connectivity index (χ0v) is 16.2. The molecule has 0 saturated carbocycles. The number of carbonyl (C=O) groups excluding carboxylic acids is 1. The first-order valence-corrected chi connectivity index (χ1v) is 13.1. The fourth-order valence-corrected chi connectivity index (χ4v) is 9.91. The van der Waals surface area contributed by atoms with Crippen LogP contribution in [0.1, 0.15) is 19.8 Å². The van der Waals surface area contributed by atoms with Crippen LogP contribution in [0, 0.1) is 0 Å². The van der Waals surface area contributed by atoms with E-state index in [1.165, 1.54) is 0 Å². The Labute approximate surface area is 131 Å². The van der Waals surface area contributed by atoms with E-state index in [-0.39, 0.29) is 5.97 Å². The van der Waals surface area contributed by atoms with Gasteiger partial charge < -0.3 is 19.0 Å². The highest BCUT2D eigenvalue weighted by Gasteiger charge is 2.37. The van der Waals surface area contributed by atoms with E-state index in [0.29, 0.717) is 18.7 Å². The van der Waals surface area contributed by atoms with Crippen LogP contribution in [-0.4, -0.2) is 43.1 Å². The number of hydrogen-bond donors (Lipinski definition) is 1. The molecule has 1 unspecified atom stereocenters. The van der Waals surface area contributed by atoms with E-state index >= 15 is 0 Å². The maximum absolute atomic E-state index is 11.3. The standard InChI is InChI=1S/C14H31NO4Si2/c1-13(2)14(16)18-10-8-12-21(6,17-3)19-20(4,5)11-7-9-15/h1,7-12,15H2,2-6H3. The SMILES string of the molecule is C=C(C)C(=O)OCCC[Si](C)(OC)O[Si](C)(C)CCCN. The molecule has 0 aliphatic carbocycles. The normalized spacial score (nSPS) is 14.6. The first kappa shape index (κ1) is 20.5. The van der Waals surface area contributed by atoms with Gasteiger partial charge in [0.25, 0.3) is 0 Å². The van der Waals surface area contributed by atoms with Gasteiger partial charge in [-0.3, -0.25) is 0 Å². The molecule has 0 amide bonds. The summed E-state index contributed by atoms with van der Waals surface area (Å²) in [4.78, 5) is 11.3. The molecule has 0 radical (unpaired) electrons. The van der Waals surface area contributed by atoms with Gasteiger partial charge in [-0.1, -0.05) is 6.58 Å². The number of esters is 1. The summed E-state index contributed by atoms with van der Waals surface area (Å²) in [5.74, 6) is -0.339. The van der Waals surface area contributed by atoms with Crippen molar-refractivity contribution in [3.63, 3.8) is 0 Å². The quantitative estimate of drug-likeness (QED) is 0.272. The van der Waals surface area contributed by atoms with E-state index in [1.807, 2.05) is 0 Å². The van der Waals surface area contributed by atoms with E-state index in [0.717, 1.165) is 24.9 Å². The smallest absolute Gasteiger partial charge is 0.333 e. The van der Waals surface area contributed by atoms with E-state index in [2.05, 4.69) is 26.2 Å². The van der Waals surface area contributed by atoms with Crippen molar-refractivity contribution in [1.29, 1.82) is 0 Å². The van der Waals surface area contributed by atoms with Crippen LogP contribution in [0.25, 0.3) is 0 Å². The maximum Gasteiger partial charge on any atom is 0.333 e. The first-order chi connectivity index (χ1) is 9.66. The molecule has 7 heteroatoms. The van der Waals surface area contributed by atoms with E-state index in [9.17, 15) is 4.79 Å². The van der Waals surface area contributed by atoms with Crippen LogP contribution in [0.5, 0.6) is 0 Å². The van der Waals surface area contributed by atoms with E-state index < -0.39 is 16.9 Å². The molecule has 0 heterocycles. The number of carbonyl (C=O) groups is 1. The minimum absolute atomic E-state index is 0.339. The summed E-state index contributed by atoms with van der Waals surface area (Å²) >= 11 is 0. The van der Waals surface area contributed by atoms with Gasteiger partial charge in [-0.25, -0.2) is 4.79 Å². The predicted octanol–water partition coefficient (Wildman–Crippen LogP) is 2.78. The second-order valence-corrected chi connectivity index (χ2v) is 14.1. The lowest BCUT2D eigenvalue weighted by molar-refractivity contribution is -0.138. The van der Waals surface area contributed by atoms with Crippen LogP contribution in [0.15, 0.2) is 12.2 Å². The van der Waals surface area contributed by atoms with Gasteiger partial charge in [0.05, 0.1) is 6.61 Å². The molecule has 1 atom stereocenters. The average Bonchev–Trinajstić information content (AvgIpc) is 2.40. The third kappa shape index (κ3) is 9.20. The van der Waals surface area contributed by atoms with Crippen molar-refractivity contribution in [2.24, 2.45) is 5.73 Å². The Morgan fingerprint density at radius 2 is 1.81 bits per heavy atom. The van der Waals surface area contributed by atoms with E-state index in [1.54, 1.807) is 14.0 Å². The van der Waals surface area contributed by atoms with Gasteiger partial charge in [0.1, 0.15) is 0 Å². The van der Waals surface area contributed by atoms with Gasteiger partial charge in [-0.05, 0) is 58.0 Å². The first-order valence-electron chi connectivity index (χ1n) is 7.44. The summed E-state index contributed by atoms with van der Waals surface area (Å²) in [7, 11) is -2.24. The lowest BCUT2D eigenvalue weighted by Crippen LogP contribution is -2.48. The van der Waals surface area contributed by atoms with Crippen molar-refractivity contribution in [1.82, 2.24) is 0 Å². The lowest BCUT2D eigenvalue weighted by Gasteiger charge is -2.34. The number of rotatable bonds is 11. The predicted molar refractivity (Wildman–Crippen MR) is 90.9 cm³/mol. The minimum atomic E-state index is -2.20. The number of ether oxygens (including phenoxy) is 1. The van der Waals surface area contributed by atoms with Crippen molar-refractivity contribution >= 4 is 22.8 Å². The second kappa shape index (κ2) is 9.52. The Balaban J connectivity index is 4.27. The molecule has 21 heavy (non-hydrogen) atoms. The van der Waals surface area contributed by atoms with Crippen molar-refractivity contribution in [2.45, 2.75) is 51.5 Å². The summed E-state index contributed by atoms with van der Waals surface area (Å²) in [5.41, 5.74) is 6.00. The zero-order chi connectivity index (χ0) is 16.5. The van der Waals surface area contributed by atoms with Crippen molar-refractivity contribution in [3.8, 4) is 0 Å². The molecule has 0 aromatic rings. The molecule has 0 aromatic heterocycles. The van der Waals surface area contributed by atoms with Gasteiger partial charge in [0.2, 0.25) is 0 Å². The molecule has 2 N–H and O–H groups in total. The fraction of sp³-hybridized carbons (Fsp3) is 0.786. The summed E-state index contributed by atoms with van der Waals surface area (Å²) in [5, 5.41) is 0. The second-order valence-electron chi connectivity index (χ2n) is 6.11. The maximum atomic E-state index is 11.3. The third-order valence-corrected chi connectivity index (χ3v) is 10.9. The van der Waals surface area contributed by atoms with Gasteiger partial charge in [-0.2, -0.15) is 0 Å². The molecule has 0 fully saturated rings. The Bertz CT molecular complexity index is 350. The van der Waals surface area contributed by atoms with Gasteiger partial charge in [0.15, 0.2) is 8.32 Å². The Morgan fingerprint density at radius 1 is 1.19 bits per heavy atom. The zero-order valence-electron chi connectivity index (χ0n) is 14.2. The highest BCUT2D eigenvalue weighted by Crippen LogP contribution is 2.24. The molecule has 5 nitrogen and oxygen atoms in total. The highest BCUT2D eigenvalue weighted by atomic mass is 28.4. The van der Waals surface area contributed by atoms with Gasteiger partial charge in [0, 0.05) is 12.7 Å². The van der Waals surface area contributed by atoms with Crippen LogP contribution in [0.2, 0.25) is 31.7 Å². The van der Waals surface area contributed by atoms with Gasteiger partial charge in [-0.15, -0.1) is 0 Å². The molecule has 0 aliphatic rings. The monoisotopic (exact) mass is 333 g/mol. The average molecular weight is 334 g/mol. The number of hydrogen-bond acceptors (Lipinski definition) is 5. The minimum Gasteiger partial charge on any atom is -0.462 e. The Kier molecular flexibility index (Phi) is 9.31. The molecular formula is C14H31NO4Si2. The van der Waals surface area contributed by atoms with Crippen LogP contribution in [-0.2, 0) is 18.1 Å². The van der Waals surface area contributed by atoms with Crippen LogP contribution in [0.3, 0.4) is 0 Å². The Hall–Kier alpha value is -0.476. The summed E-state index contributed by atoms with van der Waals surface area (Å²) < 4.78 is 17.1. The molecule has 0 aromatic carbocycles. The van der Waals surface area contributed by atoms with Crippen molar-refractivity contribution in [2.75, 3.05) is 20.3 Å². The number of nitrogens with two attached hydrogens (primary N) is 1. The van der Waals surface area contributed by atoms with Crippen LogP contribution < -0.4 is 5.73 Å². The topological polar surface area (TPSA) is 70.8 Å². The lowest BCUT2D eigenvalue weighted by atomic mass is 10.4. The molecule has 0 bridgehead atoms. The third-order valence-electron chi connectivity index (χ3n) is 3.26. The molecule has 0 spiro atoms. The summed E-state index contributed by atoms with van der Waals surface area (Å²) in [6.07, 6.45) is 1.74. The van der Waals surface area contributed by atoms with Crippen molar-refractivity contribution < 1.29 is 18.1 Å². The highest BCUT2D eigenvalue weighted by molar-refractivity contribution is 6.82. The molecular weight excluding hydrogens is 302 g/mol. The molecule has 0 saturated heterocycles. The van der Waals surface area contributed by atoms with Crippen LogP contribution in [0.4, 0.5) is 0 Å². The summed E-state index contributed by atoms with van der Waals surface area (Å²) in [6, 6.07) is 1.85. The molecule has 0 rings (SSSR count). The molecule has 124 valence electrons. The molecule has 0 aliphatic heterocycles. The van der Waals surface area contributed by atoms with E-state index in [4.69, 9.17) is 19.0 Å².